The quantitative estimate of drug-likeness (QED) is 0.627. The topological polar surface area (TPSA) is 93.2 Å². The Morgan fingerprint density at radius 1 is 0.967 bits per heavy atom. The van der Waals surface area contributed by atoms with Crippen LogP contribution < -0.4 is 15.4 Å². The Balaban J connectivity index is 1.69. The average Bonchev–Trinajstić information content (AvgIpc) is 2.76. The number of rotatable bonds is 7. The third-order valence-corrected chi connectivity index (χ3v) is 4.79. The number of amides is 2. The number of aryl methyl sites for hydroxylation is 3. The molecule has 0 aliphatic carbocycles. The molecule has 0 aliphatic heterocycles. The summed E-state index contributed by atoms with van der Waals surface area (Å²) in [6.07, 6.45) is 1.60. The molecule has 0 aliphatic rings. The number of nitrogens with zero attached hydrogens (tertiary/aromatic N) is 2. The minimum absolute atomic E-state index is 0.158. The van der Waals surface area contributed by atoms with Gasteiger partial charge >= 0.3 is 0 Å². The Hall–Kier alpha value is -3.48. The van der Waals surface area contributed by atoms with Crippen molar-refractivity contribution in [2.24, 2.45) is 0 Å². The highest BCUT2D eigenvalue weighted by Gasteiger charge is 2.13. The van der Waals surface area contributed by atoms with Crippen molar-refractivity contribution in [1.82, 2.24) is 15.3 Å². The van der Waals surface area contributed by atoms with Crippen molar-refractivity contribution < 1.29 is 14.3 Å². The van der Waals surface area contributed by atoms with Gasteiger partial charge in [0.05, 0.1) is 41.8 Å². The van der Waals surface area contributed by atoms with Crippen molar-refractivity contribution in [1.29, 1.82) is 0 Å². The van der Waals surface area contributed by atoms with Gasteiger partial charge in [-0.15, -0.1) is 0 Å². The maximum atomic E-state index is 12.5. The molecule has 1 aromatic heterocycles. The lowest BCUT2D eigenvalue weighted by Gasteiger charge is -2.12. The van der Waals surface area contributed by atoms with Gasteiger partial charge in [-0.1, -0.05) is 19.9 Å². The summed E-state index contributed by atoms with van der Waals surface area (Å²) in [6, 6.07) is 10.7. The smallest absolute Gasteiger partial charge is 0.251 e. The highest BCUT2D eigenvalue weighted by molar-refractivity contribution is 6.01. The summed E-state index contributed by atoms with van der Waals surface area (Å²) in [5, 5.41) is 5.41. The van der Waals surface area contributed by atoms with Crippen LogP contribution in [0.5, 0.6) is 5.75 Å². The number of nitrogens with one attached hydrogen (secondary N) is 2. The molecule has 0 unspecified atom stereocenters. The van der Waals surface area contributed by atoms with Crippen molar-refractivity contribution in [2.45, 2.75) is 33.6 Å². The normalized spacial score (nSPS) is 10.7. The lowest BCUT2D eigenvalue weighted by molar-refractivity contribution is -0.115. The van der Waals surface area contributed by atoms with Gasteiger partial charge in [0.1, 0.15) is 5.75 Å². The van der Waals surface area contributed by atoms with Crippen LogP contribution in [0.1, 0.15) is 41.2 Å². The number of anilines is 1. The summed E-state index contributed by atoms with van der Waals surface area (Å²) in [5.41, 5.74) is 5.33. The van der Waals surface area contributed by atoms with Gasteiger partial charge in [0.2, 0.25) is 5.91 Å². The number of carbonyl (C=O) groups is 2. The number of fused-ring (bicyclic) bond motifs is 1. The molecule has 7 heteroatoms. The molecule has 0 atom stereocenters. The van der Waals surface area contributed by atoms with E-state index >= 15 is 0 Å². The summed E-state index contributed by atoms with van der Waals surface area (Å²) >= 11 is 0. The molecule has 156 valence electrons. The number of benzene rings is 2. The molecule has 0 bridgehead atoms. The average molecular weight is 406 g/mol. The lowest BCUT2D eigenvalue weighted by atomic mass is 10.1. The standard InChI is InChI=1S/C23H26N4O3/c1-5-16-17(6-2)26-19-12-15(8-9-18(19)25-16)23(29)24-13-22(28)27-20-11-14(3)7-10-21(20)30-4/h7-12H,5-6,13H2,1-4H3,(H,24,29)(H,27,28). The molecule has 0 saturated heterocycles. The maximum absolute atomic E-state index is 12.5. The number of methoxy groups -OCH3 is 1. The van der Waals surface area contributed by atoms with E-state index in [1.165, 1.54) is 7.11 Å². The fourth-order valence-corrected chi connectivity index (χ4v) is 3.21. The van der Waals surface area contributed by atoms with Crippen molar-refractivity contribution in [3.8, 4) is 5.75 Å². The number of hydrogen-bond acceptors (Lipinski definition) is 5. The molecule has 0 fully saturated rings. The minimum atomic E-state index is -0.345. The number of hydrogen-bond donors (Lipinski definition) is 2. The van der Waals surface area contributed by atoms with E-state index in [9.17, 15) is 9.59 Å². The zero-order valence-corrected chi connectivity index (χ0v) is 17.7. The number of aromatic nitrogens is 2. The third kappa shape index (κ3) is 4.74. The van der Waals surface area contributed by atoms with Crippen molar-refractivity contribution >= 4 is 28.5 Å². The second-order valence-corrected chi connectivity index (χ2v) is 6.96. The van der Waals surface area contributed by atoms with Crippen molar-refractivity contribution in [3.05, 3.63) is 58.9 Å². The lowest BCUT2D eigenvalue weighted by Crippen LogP contribution is -2.33. The van der Waals surface area contributed by atoms with E-state index in [-0.39, 0.29) is 18.4 Å². The Labute approximate surface area is 175 Å². The van der Waals surface area contributed by atoms with E-state index < -0.39 is 0 Å². The van der Waals surface area contributed by atoms with E-state index in [0.29, 0.717) is 22.5 Å². The predicted octanol–water partition coefficient (Wildman–Crippen LogP) is 3.44. The van der Waals surface area contributed by atoms with Crippen LogP contribution in [-0.4, -0.2) is 35.4 Å². The predicted molar refractivity (Wildman–Crippen MR) is 117 cm³/mol. The first-order valence-electron chi connectivity index (χ1n) is 9.97. The highest BCUT2D eigenvalue weighted by atomic mass is 16.5. The molecule has 7 nitrogen and oxygen atoms in total. The molecular weight excluding hydrogens is 380 g/mol. The summed E-state index contributed by atoms with van der Waals surface area (Å²) in [4.78, 5) is 34.1. The van der Waals surface area contributed by atoms with E-state index in [1.54, 1.807) is 24.3 Å². The monoisotopic (exact) mass is 406 g/mol. The zero-order valence-electron chi connectivity index (χ0n) is 17.7. The van der Waals surface area contributed by atoms with Crippen LogP contribution in [0.25, 0.3) is 11.0 Å². The summed E-state index contributed by atoms with van der Waals surface area (Å²) in [6.45, 7) is 5.85. The molecule has 3 rings (SSSR count). The molecule has 2 N–H and O–H groups in total. The van der Waals surface area contributed by atoms with Crippen LogP contribution in [0.3, 0.4) is 0 Å². The number of carbonyl (C=O) groups excluding carboxylic acids is 2. The van der Waals surface area contributed by atoms with Crippen LogP contribution in [0.15, 0.2) is 36.4 Å². The van der Waals surface area contributed by atoms with E-state index in [4.69, 9.17) is 4.74 Å². The molecule has 2 amide bonds. The van der Waals surface area contributed by atoms with E-state index in [1.807, 2.05) is 32.9 Å². The first kappa shape index (κ1) is 21.2. The summed E-state index contributed by atoms with van der Waals surface area (Å²) in [5.74, 6) is -0.122. The summed E-state index contributed by atoms with van der Waals surface area (Å²) < 4.78 is 5.26. The van der Waals surface area contributed by atoms with Gasteiger partial charge < -0.3 is 15.4 Å². The molecule has 1 heterocycles. The summed E-state index contributed by atoms with van der Waals surface area (Å²) in [7, 11) is 1.54. The second-order valence-electron chi connectivity index (χ2n) is 6.96. The molecule has 0 saturated carbocycles. The van der Waals surface area contributed by atoms with Crippen LogP contribution in [0.2, 0.25) is 0 Å². The van der Waals surface area contributed by atoms with Crippen LogP contribution >= 0.6 is 0 Å². The van der Waals surface area contributed by atoms with Gasteiger partial charge in [-0.25, -0.2) is 9.97 Å². The number of ether oxygens (including phenoxy) is 1. The van der Waals surface area contributed by atoms with Gasteiger partial charge in [0.15, 0.2) is 0 Å². The van der Waals surface area contributed by atoms with Crippen LogP contribution in [-0.2, 0) is 17.6 Å². The molecule has 30 heavy (non-hydrogen) atoms. The van der Waals surface area contributed by atoms with E-state index in [0.717, 1.165) is 35.3 Å². The Morgan fingerprint density at radius 3 is 2.33 bits per heavy atom. The van der Waals surface area contributed by atoms with Gasteiger partial charge in [0.25, 0.3) is 5.91 Å². The third-order valence-electron chi connectivity index (χ3n) is 4.79. The molecule has 3 aromatic rings. The molecular formula is C23H26N4O3. The highest BCUT2D eigenvalue weighted by Crippen LogP contribution is 2.25. The first-order chi connectivity index (χ1) is 14.4. The Bertz CT molecular complexity index is 1100. The minimum Gasteiger partial charge on any atom is -0.495 e. The van der Waals surface area contributed by atoms with E-state index in [2.05, 4.69) is 20.6 Å². The van der Waals surface area contributed by atoms with Gasteiger partial charge in [-0.05, 0) is 55.7 Å². The van der Waals surface area contributed by atoms with Crippen LogP contribution in [0.4, 0.5) is 5.69 Å². The Kier molecular flexibility index (Phi) is 6.61. The van der Waals surface area contributed by atoms with Gasteiger partial charge in [0, 0.05) is 5.56 Å². The fraction of sp³-hybridized carbons (Fsp3) is 0.304. The first-order valence-corrected chi connectivity index (χ1v) is 9.97. The second kappa shape index (κ2) is 9.35. The molecule has 0 spiro atoms. The Morgan fingerprint density at radius 2 is 1.67 bits per heavy atom. The van der Waals surface area contributed by atoms with Gasteiger partial charge in [-0.3, -0.25) is 9.59 Å². The van der Waals surface area contributed by atoms with Crippen LogP contribution in [0, 0.1) is 6.92 Å². The molecule has 0 radical (unpaired) electrons. The van der Waals surface area contributed by atoms with Gasteiger partial charge in [-0.2, -0.15) is 0 Å². The SMILES string of the molecule is CCc1nc2ccc(C(=O)NCC(=O)Nc3cc(C)ccc3OC)cc2nc1CC. The zero-order chi connectivity index (χ0) is 21.7. The van der Waals surface area contributed by atoms with Crippen molar-refractivity contribution in [3.63, 3.8) is 0 Å². The van der Waals surface area contributed by atoms with Crippen molar-refractivity contribution in [2.75, 3.05) is 19.0 Å². The fourth-order valence-electron chi connectivity index (χ4n) is 3.21. The molecule has 2 aromatic carbocycles. The maximum Gasteiger partial charge on any atom is 0.251 e. The largest absolute Gasteiger partial charge is 0.495 e.